The smallest absolute Gasteiger partial charge is 0.243 e. The highest BCUT2D eigenvalue weighted by molar-refractivity contribution is 7.89. The lowest BCUT2D eigenvalue weighted by Gasteiger charge is -2.23. The van der Waals surface area contributed by atoms with Crippen LogP contribution in [0.2, 0.25) is 5.02 Å². The number of aromatic nitrogens is 1. The standard InChI is InChI=1S/C24H27ClN2O4S2/c1-16-12-19(25)5-9-24(16)33(28,29)27(20-6-7-20)14-18-4-8-21(22(13-18)30-3)31-11-10-23-17(2)26-15-32-23/h4-5,8-9,12-13,15,20H,6-7,10-11,14H2,1-3H3. The molecule has 0 amide bonds. The van der Waals surface area contributed by atoms with Gasteiger partial charge in [0.1, 0.15) is 0 Å². The highest BCUT2D eigenvalue weighted by Gasteiger charge is 2.38. The summed E-state index contributed by atoms with van der Waals surface area (Å²) in [6.07, 6.45) is 2.50. The monoisotopic (exact) mass is 506 g/mol. The van der Waals surface area contributed by atoms with E-state index in [0.717, 1.165) is 30.5 Å². The molecule has 2 aromatic carbocycles. The van der Waals surface area contributed by atoms with E-state index < -0.39 is 10.0 Å². The molecule has 0 N–H and O–H groups in total. The molecule has 1 aromatic heterocycles. The number of halogens is 1. The molecule has 0 aliphatic heterocycles. The maximum absolute atomic E-state index is 13.5. The zero-order valence-corrected chi connectivity index (χ0v) is 21.3. The Balaban J connectivity index is 1.51. The van der Waals surface area contributed by atoms with Crippen molar-refractivity contribution in [1.29, 1.82) is 0 Å². The van der Waals surface area contributed by atoms with E-state index in [9.17, 15) is 8.42 Å². The van der Waals surface area contributed by atoms with Gasteiger partial charge in [-0.2, -0.15) is 4.31 Å². The van der Waals surface area contributed by atoms with E-state index in [4.69, 9.17) is 21.1 Å². The normalized spacial score (nSPS) is 14.0. The van der Waals surface area contributed by atoms with Gasteiger partial charge in [-0.25, -0.2) is 13.4 Å². The Morgan fingerprint density at radius 3 is 2.58 bits per heavy atom. The number of rotatable bonds is 10. The van der Waals surface area contributed by atoms with Crippen molar-refractivity contribution in [1.82, 2.24) is 9.29 Å². The van der Waals surface area contributed by atoms with Crippen molar-refractivity contribution < 1.29 is 17.9 Å². The predicted molar refractivity (Wildman–Crippen MR) is 131 cm³/mol. The Bertz CT molecular complexity index is 1240. The van der Waals surface area contributed by atoms with Crippen LogP contribution in [-0.4, -0.2) is 37.5 Å². The first-order valence-corrected chi connectivity index (χ1v) is 13.5. The molecule has 176 valence electrons. The van der Waals surface area contributed by atoms with Crippen LogP contribution in [-0.2, 0) is 23.0 Å². The summed E-state index contributed by atoms with van der Waals surface area (Å²) in [4.78, 5) is 5.76. The van der Waals surface area contributed by atoms with Crippen LogP contribution in [0.15, 0.2) is 46.8 Å². The third kappa shape index (κ3) is 5.51. The first-order valence-electron chi connectivity index (χ1n) is 10.8. The van der Waals surface area contributed by atoms with E-state index in [2.05, 4.69) is 4.98 Å². The van der Waals surface area contributed by atoms with Crippen molar-refractivity contribution >= 4 is 33.0 Å². The first kappa shape index (κ1) is 24.0. The average molecular weight is 507 g/mol. The Morgan fingerprint density at radius 2 is 1.94 bits per heavy atom. The largest absolute Gasteiger partial charge is 0.493 e. The van der Waals surface area contributed by atoms with Crippen LogP contribution < -0.4 is 9.47 Å². The van der Waals surface area contributed by atoms with Crippen LogP contribution in [0.1, 0.15) is 34.5 Å². The number of methoxy groups -OCH3 is 1. The van der Waals surface area contributed by atoms with Gasteiger partial charge in [0.15, 0.2) is 11.5 Å². The van der Waals surface area contributed by atoms with Crippen molar-refractivity contribution in [2.75, 3.05) is 13.7 Å². The molecule has 3 aromatic rings. The van der Waals surface area contributed by atoms with Gasteiger partial charge < -0.3 is 9.47 Å². The molecule has 1 saturated carbocycles. The molecule has 0 spiro atoms. The van der Waals surface area contributed by atoms with E-state index in [1.54, 1.807) is 47.9 Å². The number of aryl methyl sites for hydroxylation is 2. The molecule has 4 rings (SSSR count). The minimum absolute atomic E-state index is 0.00893. The number of hydrogen-bond acceptors (Lipinski definition) is 6. The highest BCUT2D eigenvalue weighted by atomic mass is 35.5. The summed E-state index contributed by atoms with van der Waals surface area (Å²) in [6.45, 7) is 4.54. The molecule has 0 saturated heterocycles. The van der Waals surface area contributed by atoms with Gasteiger partial charge in [-0.05, 0) is 68.1 Å². The zero-order valence-electron chi connectivity index (χ0n) is 18.9. The highest BCUT2D eigenvalue weighted by Crippen LogP contribution is 2.36. The third-order valence-electron chi connectivity index (χ3n) is 5.68. The van der Waals surface area contributed by atoms with Gasteiger partial charge in [-0.15, -0.1) is 11.3 Å². The summed E-state index contributed by atoms with van der Waals surface area (Å²) in [5.74, 6) is 1.22. The second-order valence-corrected chi connectivity index (χ2v) is 11.4. The van der Waals surface area contributed by atoms with Gasteiger partial charge in [0.05, 0.1) is 29.8 Å². The van der Waals surface area contributed by atoms with Crippen LogP contribution in [0.4, 0.5) is 0 Å². The van der Waals surface area contributed by atoms with Crippen LogP contribution in [0.5, 0.6) is 11.5 Å². The molecular weight excluding hydrogens is 480 g/mol. The molecule has 1 fully saturated rings. The minimum atomic E-state index is -3.66. The SMILES string of the molecule is COc1cc(CN(C2CC2)S(=O)(=O)c2ccc(Cl)cc2C)ccc1OCCc1scnc1C. The lowest BCUT2D eigenvalue weighted by Crippen LogP contribution is -2.33. The minimum Gasteiger partial charge on any atom is -0.493 e. The van der Waals surface area contributed by atoms with Crippen molar-refractivity contribution in [2.24, 2.45) is 0 Å². The van der Waals surface area contributed by atoms with E-state index in [0.29, 0.717) is 33.6 Å². The summed E-state index contributed by atoms with van der Waals surface area (Å²) in [5.41, 5.74) is 4.36. The van der Waals surface area contributed by atoms with Crippen LogP contribution >= 0.6 is 22.9 Å². The van der Waals surface area contributed by atoms with Crippen molar-refractivity contribution in [3.8, 4) is 11.5 Å². The fourth-order valence-electron chi connectivity index (χ4n) is 3.73. The fourth-order valence-corrected chi connectivity index (χ4v) is 6.60. The molecule has 1 aliphatic carbocycles. The molecule has 0 atom stereocenters. The van der Waals surface area contributed by atoms with Gasteiger partial charge in [0.2, 0.25) is 10.0 Å². The van der Waals surface area contributed by atoms with Gasteiger partial charge in [0, 0.05) is 28.9 Å². The number of thiazole rings is 1. The van der Waals surface area contributed by atoms with E-state index in [1.165, 1.54) is 4.88 Å². The van der Waals surface area contributed by atoms with Crippen molar-refractivity contribution in [3.05, 3.63) is 68.6 Å². The van der Waals surface area contributed by atoms with Gasteiger partial charge >= 0.3 is 0 Å². The average Bonchev–Trinajstić information content (AvgIpc) is 3.53. The Kier molecular flexibility index (Phi) is 7.28. The van der Waals surface area contributed by atoms with E-state index >= 15 is 0 Å². The molecule has 33 heavy (non-hydrogen) atoms. The Hall–Kier alpha value is -2.13. The summed E-state index contributed by atoms with van der Waals surface area (Å²) < 4.78 is 40.0. The molecule has 0 radical (unpaired) electrons. The summed E-state index contributed by atoms with van der Waals surface area (Å²) in [7, 11) is -2.07. The first-order chi connectivity index (χ1) is 15.8. The van der Waals surface area contributed by atoms with Gasteiger partial charge in [-0.1, -0.05) is 17.7 Å². The summed E-state index contributed by atoms with van der Waals surface area (Å²) >= 11 is 7.66. The topological polar surface area (TPSA) is 68.7 Å². The number of benzene rings is 2. The second-order valence-electron chi connectivity index (χ2n) is 8.14. The lowest BCUT2D eigenvalue weighted by molar-refractivity contribution is 0.297. The molecule has 0 unspecified atom stereocenters. The fraction of sp³-hybridized carbons (Fsp3) is 0.375. The Labute approximate surface area is 204 Å². The Morgan fingerprint density at radius 1 is 1.15 bits per heavy atom. The zero-order chi connectivity index (χ0) is 23.6. The van der Waals surface area contributed by atoms with E-state index in [-0.39, 0.29) is 12.6 Å². The molecule has 6 nitrogen and oxygen atoms in total. The molecular formula is C24H27ClN2O4S2. The second kappa shape index (κ2) is 10.0. The van der Waals surface area contributed by atoms with Crippen molar-refractivity contribution in [2.45, 2.75) is 50.6 Å². The van der Waals surface area contributed by atoms with Crippen LogP contribution in [0.3, 0.4) is 0 Å². The van der Waals surface area contributed by atoms with Gasteiger partial charge in [-0.3, -0.25) is 0 Å². The summed E-state index contributed by atoms with van der Waals surface area (Å²) in [5, 5.41) is 0.523. The lowest BCUT2D eigenvalue weighted by atomic mass is 10.2. The third-order valence-corrected chi connectivity index (χ3v) is 8.96. The van der Waals surface area contributed by atoms with Crippen LogP contribution in [0.25, 0.3) is 0 Å². The number of ether oxygens (including phenoxy) is 2. The number of hydrogen-bond donors (Lipinski definition) is 0. The quantitative estimate of drug-likeness (QED) is 0.368. The number of sulfonamides is 1. The van der Waals surface area contributed by atoms with Crippen molar-refractivity contribution in [3.63, 3.8) is 0 Å². The molecule has 1 aliphatic rings. The maximum atomic E-state index is 13.5. The molecule has 1 heterocycles. The number of nitrogens with zero attached hydrogens (tertiary/aromatic N) is 2. The van der Waals surface area contributed by atoms with E-state index in [1.807, 2.05) is 30.6 Å². The predicted octanol–water partition coefficient (Wildman–Crippen LogP) is 5.40. The van der Waals surface area contributed by atoms with Crippen LogP contribution in [0, 0.1) is 13.8 Å². The van der Waals surface area contributed by atoms with Gasteiger partial charge in [0.25, 0.3) is 0 Å². The molecule has 0 bridgehead atoms. The maximum Gasteiger partial charge on any atom is 0.243 e. The molecule has 9 heteroatoms. The summed E-state index contributed by atoms with van der Waals surface area (Å²) in [6, 6.07) is 10.5.